The third-order valence-corrected chi connectivity index (χ3v) is 2.24. The molecule has 18 heavy (non-hydrogen) atoms. The first-order chi connectivity index (χ1) is 8.56. The lowest BCUT2D eigenvalue weighted by Crippen LogP contribution is -2.09. The van der Waals surface area contributed by atoms with E-state index in [9.17, 15) is 4.79 Å². The number of nitrogens with zero attached hydrogens (tertiary/aromatic N) is 4. The number of anilines is 2. The Balaban J connectivity index is 2.16. The Morgan fingerprint density at radius 2 is 2.33 bits per heavy atom. The van der Waals surface area contributed by atoms with E-state index >= 15 is 0 Å². The van der Waals surface area contributed by atoms with Gasteiger partial charge < -0.3 is 16.2 Å². The molecular weight excluding hydrogens is 236 g/mol. The normalized spacial score (nSPS) is 10.3. The molecule has 0 aromatic carbocycles. The molecule has 0 aliphatic carbocycles. The molecule has 0 saturated heterocycles. The van der Waals surface area contributed by atoms with Gasteiger partial charge in [-0.3, -0.25) is 4.68 Å². The molecule has 2 heterocycles. The molecule has 8 nitrogen and oxygen atoms in total. The third kappa shape index (κ3) is 2.54. The summed E-state index contributed by atoms with van der Waals surface area (Å²) in [7, 11) is 1.75. The van der Waals surface area contributed by atoms with Crippen LogP contribution in [0.15, 0.2) is 18.6 Å². The number of carbonyl (C=O) groups is 1. The Kier molecular flexibility index (Phi) is 3.09. The number of pyridine rings is 1. The van der Waals surface area contributed by atoms with Crippen LogP contribution >= 0.6 is 0 Å². The second-order valence-electron chi connectivity index (χ2n) is 3.65. The first-order valence-electron chi connectivity index (χ1n) is 5.13. The monoisotopic (exact) mass is 248 g/mol. The number of hydrogen-bond donors (Lipinski definition) is 3. The van der Waals surface area contributed by atoms with Crippen molar-refractivity contribution in [1.82, 2.24) is 19.7 Å². The standard InChI is InChI=1S/C10H12N6O2/c1-16-5-14-9(15-16)4-12-7-3-13-8(11)2-6(7)10(17)18/h2-3,5,12H,4H2,1H3,(H2,11,13)(H,17,18). The summed E-state index contributed by atoms with van der Waals surface area (Å²) in [6.45, 7) is 0.312. The quantitative estimate of drug-likeness (QED) is 0.702. The fraction of sp³-hybridized carbons (Fsp3) is 0.200. The number of carboxylic acids is 1. The van der Waals surface area contributed by atoms with Gasteiger partial charge in [0.2, 0.25) is 0 Å². The van der Waals surface area contributed by atoms with Crippen molar-refractivity contribution in [2.45, 2.75) is 6.54 Å². The Hall–Kier alpha value is -2.64. The van der Waals surface area contributed by atoms with Crippen LogP contribution in [0.1, 0.15) is 16.2 Å². The predicted octanol–water partition coefficient (Wildman–Crippen LogP) is 0.103. The molecule has 0 bridgehead atoms. The van der Waals surface area contributed by atoms with E-state index in [0.717, 1.165) is 0 Å². The van der Waals surface area contributed by atoms with Crippen molar-refractivity contribution in [2.75, 3.05) is 11.1 Å². The predicted molar refractivity (Wildman–Crippen MR) is 63.9 cm³/mol. The summed E-state index contributed by atoms with van der Waals surface area (Å²) in [4.78, 5) is 18.9. The number of aromatic nitrogens is 4. The molecule has 8 heteroatoms. The van der Waals surface area contributed by atoms with Gasteiger partial charge in [-0.2, -0.15) is 5.10 Å². The van der Waals surface area contributed by atoms with Crippen molar-refractivity contribution in [2.24, 2.45) is 7.05 Å². The van der Waals surface area contributed by atoms with Gasteiger partial charge in [0.15, 0.2) is 5.82 Å². The second-order valence-corrected chi connectivity index (χ2v) is 3.65. The Labute approximate surface area is 102 Å². The number of aromatic carboxylic acids is 1. The first kappa shape index (κ1) is 11.8. The molecule has 94 valence electrons. The van der Waals surface area contributed by atoms with Gasteiger partial charge in [-0.1, -0.05) is 0 Å². The number of nitrogens with one attached hydrogen (secondary N) is 1. The van der Waals surface area contributed by atoms with Crippen LogP contribution in [-0.4, -0.2) is 30.8 Å². The van der Waals surface area contributed by atoms with Crippen molar-refractivity contribution in [3.8, 4) is 0 Å². The lowest BCUT2D eigenvalue weighted by molar-refractivity contribution is 0.0698. The molecule has 0 aliphatic rings. The zero-order valence-electron chi connectivity index (χ0n) is 9.66. The second kappa shape index (κ2) is 4.70. The fourth-order valence-electron chi connectivity index (χ4n) is 1.43. The highest BCUT2D eigenvalue weighted by Gasteiger charge is 2.11. The number of nitrogen functional groups attached to an aromatic ring is 1. The van der Waals surface area contributed by atoms with Crippen LogP contribution in [0, 0.1) is 0 Å². The van der Waals surface area contributed by atoms with E-state index in [-0.39, 0.29) is 11.4 Å². The van der Waals surface area contributed by atoms with E-state index in [1.165, 1.54) is 12.3 Å². The Morgan fingerprint density at radius 1 is 1.56 bits per heavy atom. The molecule has 0 unspecified atom stereocenters. The van der Waals surface area contributed by atoms with Crippen LogP contribution < -0.4 is 11.1 Å². The molecule has 2 aromatic heterocycles. The van der Waals surface area contributed by atoms with Gasteiger partial charge in [0.1, 0.15) is 12.1 Å². The first-order valence-corrected chi connectivity index (χ1v) is 5.13. The number of hydrogen-bond acceptors (Lipinski definition) is 6. The zero-order valence-corrected chi connectivity index (χ0v) is 9.66. The summed E-state index contributed by atoms with van der Waals surface area (Å²) in [5.41, 5.74) is 5.89. The maximum absolute atomic E-state index is 11.0. The molecule has 0 saturated carbocycles. The fourth-order valence-corrected chi connectivity index (χ4v) is 1.43. The molecule has 0 fully saturated rings. The molecule has 0 amide bonds. The lowest BCUT2D eigenvalue weighted by Gasteiger charge is -2.07. The summed E-state index contributed by atoms with van der Waals surface area (Å²) < 4.78 is 1.57. The van der Waals surface area contributed by atoms with E-state index < -0.39 is 5.97 Å². The molecule has 0 spiro atoms. The van der Waals surface area contributed by atoms with Crippen molar-refractivity contribution < 1.29 is 9.90 Å². The van der Waals surface area contributed by atoms with E-state index in [1.807, 2.05) is 0 Å². The zero-order chi connectivity index (χ0) is 13.1. The van der Waals surface area contributed by atoms with Gasteiger partial charge in [0.05, 0.1) is 24.0 Å². The topological polar surface area (TPSA) is 119 Å². The van der Waals surface area contributed by atoms with Crippen molar-refractivity contribution >= 4 is 17.5 Å². The third-order valence-electron chi connectivity index (χ3n) is 2.24. The van der Waals surface area contributed by atoms with Gasteiger partial charge in [-0.25, -0.2) is 14.8 Å². The summed E-state index contributed by atoms with van der Waals surface area (Å²) in [6, 6.07) is 1.30. The largest absolute Gasteiger partial charge is 0.478 e. The van der Waals surface area contributed by atoms with E-state index in [4.69, 9.17) is 10.8 Å². The Bertz CT molecular complexity index is 579. The van der Waals surface area contributed by atoms with Gasteiger partial charge in [-0.05, 0) is 6.07 Å². The smallest absolute Gasteiger partial charge is 0.337 e. The van der Waals surface area contributed by atoms with E-state index in [0.29, 0.717) is 18.1 Å². The summed E-state index contributed by atoms with van der Waals surface area (Å²) in [5.74, 6) is -0.347. The maximum atomic E-state index is 11.0. The highest BCUT2D eigenvalue weighted by atomic mass is 16.4. The minimum Gasteiger partial charge on any atom is -0.478 e. The average Bonchev–Trinajstić information content (AvgIpc) is 2.73. The van der Waals surface area contributed by atoms with Crippen LogP contribution in [0.4, 0.5) is 11.5 Å². The average molecular weight is 248 g/mol. The maximum Gasteiger partial charge on any atom is 0.337 e. The molecule has 4 N–H and O–H groups in total. The van der Waals surface area contributed by atoms with Gasteiger partial charge in [-0.15, -0.1) is 0 Å². The highest BCUT2D eigenvalue weighted by Crippen LogP contribution is 2.16. The van der Waals surface area contributed by atoms with Crippen molar-refractivity contribution in [3.05, 3.63) is 30.0 Å². The number of rotatable bonds is 4. The molecule has 0 radical (unpaired) electrons. The van der Waals surface area contributed by atoms with E-state index in [2.05, 4.69) is 20.4 Å². The van der Waals surface area contributed by atoms with Crippen LogP contribution in [0.2, 0.25) is 0 Å². The molecule has 2 rings (SSSR count). The Morgan fingerprint density at radius 3 is 2.94 bits per heavy atom. The van der Waals surface area contributed by atoms with Crippen molar-refractivity contribution in [1.29, 1.82) is 0 Å². The highest BCUT2D eigenvalue weighted by molar-refractivity contribution is 5.94. The van der Waals surface area contributed by atoms with Crippen molar-refractivity contribution in [3.63, 3.8) is 0 Å². The van der Waals surface area contributed by atoms with Gasteiger partial charge >= 0.3 is 5.97 Å². The van der Waals surface area contributed by atoms with Crippen LogP contribution in [-0.2, 0) is 13.6 Å². The summed E-state index contributed by atoms with van der Waals surface area (Å²) >= 11 is 0. The van der Waals surface area contributed by atoms with Crippen LogP contribution in [0.5, 0.6) is 0 Å². The molecule has 0 aliphatic heterocycles. The number of aryl methyl sites for hydroxylation is 1. The lowest BCUT2D eigenvalue weighted by atomic mass is 10.2. The molecular formula is C10H12N6O2. The van der Waals surface area contributed by atoms with Crippen LogP contribution in [0.3, 0.4) is 0 Å². The van der Waals surface area contributed by atoms with Crippen LogP contribution in [0.25, 0.3) is 0 Å². The summed E-state index contributed by atoms with van der Waals surface area (Å²) in [5, 5.41) is 16.0. The molecule has 2 aromatic rings. The van der Waals surface area contributed by atoms with E-state index in [1.54, 1.807) is 18.1 Å². The van der Waals surface area contributed by atoms with Gasteiger partial charge in [0.25, 0.3) is 0 Å². The summed E-state index contributed by atoms with van der Waals surface area (Å²) in [6.07, 6.45) is 2.94. The molecule has 0 atom stereocenters. The number of nitrogens with two attached hydrogens (primary N) is 1. The minimum absolute atomic E-state index is 0.0680. The minimum atomic E-state index is -1.07. The SMILES string of the molecule is Cn1cnc(CNc2cnc(N)cc2C(=O)O)n1. The van der Waals surface area contributed by atoms with Gasteiger partial charge in [0, 0.05) is 7.05 Å². The number of carboxylic acid groups (broad SMARTS) is 1.